The second kappa shape index (κ2) is 6.02. The topological polar surface area (TPSA) is 35.6 Å². The lowest BCUT2D eigenvalue weighted by Gasteiger charge is -2.33. The maximum absolute atomic E-state index is 12.4. The number of carbonyl (C=O) groups excluding carboxylic acids is 1. The maximum atomic E-state index is 12.4. The van der Waals surface area contributed by atoms with Gasteiger partial charge in [-0.25, -0.2) is 0 Å². The highest BCUT2D eigenvalue weighted by atomic mass is 16.2. The van der Waals surface area contributed by atoms with Crippen LogP contribution < -0.4 is 5.32 Å². The van der Waals surface area contributed by atoms with Crippen LogP contribution in [0.15, 0.2) is 0 Å². The van der Waals surface area contributed by atoms with Gasteiger partial charge in [-0.05, 0) is 52.6 Å². The summed E-state index contributed by atoms with van der Waals surface area (Å²) in [4.78, 5) is 16.7. The van der Waals surface area contributed by atoms with Crippen molar-refractivity contribution in [1.82, 2.24) is 15.1 Å². The number of hydrogen-bond donors (Lipinski definition) is 1. The number of rotatable bonds is 3. The molecule has 0 saturated carbocycles. The minimum absolute atomic E-state index is 0.0467. The van der Waals surface area contributed by atoms with Gasteiger partial charge in [-0.3, -0.25) is 4.79 Å². The first kappa shape index (κ1) is 13.8. The molecule has 1 amide bonds. The normalized spacial score (nSPS) is 33.6. The highest BCUT2D eigenvalue weighted by Gasteiger charge is 2.29. The van der Waals surface area contributed by atoms with E-state index in [4.69, 9.17) is 0 Å². The van der Waals surface area contributed by atoms with Gasteiger partial charge in [0.1, 0.15) is 0 Å². The molecule has 2 aliphatic rings. The summed E-state index contributed by atoms with van der Waals surface area (Å²) in [5.74, 6) is 0.279. The largest absolute Gasteiger partial charge is 0.343 e. The number of nitrogens with one attached hydrogen (secondary N) is 1. The Balaban J connectivity index is 1.84. The average molecular weight is 253 g/mol. The second-order valence-electron chi connectivity index (χ2n) is 6.05. The molecule has 0 aromatic heterocycles. The lowest BCUT2D eigenvalue weighted by atomic mass is 9.98. The second-order valence-corrected chi connectivity index (χ2v) is 6.05. The van der Waals surface area contributed by atoms with Crippen molar-refractivity contribution in [3.05, 3.63) is 0 Å². The minimum Gasteiger partial charge on any atom is -0.343 e. The molecule has 2 aliphatic heterocycles. The molecular formula is C14H27N3O. The zero-order valence-electron chi connectivity index (χ0n) is 12.0. The van der Waals surface area contributed by atoms with Crippen LogP contribution in [0.5, 0.6) is 0 Å². The summed E-state index contributed by atoms with van der Waals surface area (Å²) < 4.78 is 0. The fraction of sp³-hybridized carbons (Fsp3) is 0.929. The molecule has 104 valence electrons. The van der Waals surface area contributed by atoms with Crippen molar-refractivity contribution < 1.29 is 4.79 Å². The van der Waals surface area contributed by atoms with E-state index in [2.05, 4.69) is 24.2 Å². The number of likely N-dealkylation sites (N-methyl/N-ethyl adjacent to an activating group) is 2. The van der Waals surface area contributed by atoms with Crippen molar-refractivity contribution in [3.8, 4) is 0 Å². The van der Waals surface area contributed by atoms with Gasteiger partial charge in [0.2, 0.25) is 5.91 Å². The predicted molar refractivity (Wildman–Crippen MR) is 73.5 cm³/mol. The number of amides is 1. The Kier molecular flexibility index (Phi) is 4.62. The van der Waals surface area contributed by atoms with Crippen molar-refractivity contribution in [2.75, 3.05) is 27.2 Å². The molecule has 2 rings (SSSR count). The number of hydrogen-bond acceptors (Lipinski definition) is 3. The smallest absolute Gasteiger partial charge is 0.239 e. The fourth-order valence-corrected chi connectivity index (χ4v) is 3.22. The summed E-state index contributed by atoms with van der Waals surface area (Å²) in [7, 11) is 4.12. The Morgan fingerprint density at radius 2 is 2.11 bits per heavy atom. The first-order valence-electron chi connectivity index (χ1n) is 7.29. The molecule has 2 heterocycles. The molecule has 0 aliphatic carbocycles. The number of likely N-dealkylation sites (tertiary alicyclic amines) is 1. The van der Waals surface area contributed by atoms with Crippen LogP contribution in [0, 0.1) is 0 Å². The molecule has 3 unspecified atom stereocenters. The van der Waals surface area contributed by atoms with Gasteiger partial charge in [0.25, 0.3) is 0 Å². The fourth-order valence-electron chi connectivity index (χ4n) is 3.22. The highest BCUT2D eigenvalue weighted by Crippen LogP contribution is 2.17. The number of piperidine rings is 1. The van der Waals surface area contributed by atoms with Crippen LogP contribution in [0.2, 0.25) is 0 Å². The lowest BCUT2D eigenvalue weighted by Crippen LogP contribution is -2.52. The molecule has 0 aromatic rings. The summed E-state index contributed by atoms with van der Waals surface area (Å²) in [6, 6.07) is 1.08. The van der Waals surface area contributed by atoms with Gasteiger partial charge in [-0.15, -0.1) is 0 Å². The molecule has 0 spiro atoms. The quantitative estimate of drug-likeness (QED) is 0.817. The lowest BCUT2D eigenvalue weighted by molar-refractivity contribution is -0.133. The van der Waals surface area contributed by atoms with Gasteiger partial charge >= 0.3 is 0 Å². The molecule has 2 fully saturated rings. The van der Waals surface area contributed by atoms with Gasteiger partial charge in [0, 0.05) is 25.7 Å². The summed E-state index contributed by atoms with van der Waals surface area (Å²) >= 11 is 0. The van der Waals surface area contributed by atoms with Crippen LogP contribution >= 0.6 is 0 Å². The standard InChI is InChI=1S/C14H27N3O/c1-11-6-4-8-13(15-11)14(18)17(3)10-12-7-5-9-16(12)2/h11-13,15H,4-10H2,1-3H3. The third kappa shape index (κ3) is 3.23. The predicted octanol–water partition coefficient (Wildman–Crippen LogP) is 1.07. The maximum Gasteiger partial charge on any atom is 0.239 e. The Hall–Kier alpha value is -0.610. The van der Waals surface area contributed by atoms with Crippen molar-refractivity contribution >= 4 is 5.91 Å². The van der Waals surface area contributed by atoms with E-state index in [0.29, 0.717) is 12.1 Å². The zero-order valence-corrected chi connectivity index (χ0v) is 12.0. The van der Waals surface area contributed by atoms with Crippen LogP contribution in [0.4, 0.5) is 0 Å². The number of carbonyl (C=O) groups is 1. The van der Waals surface area contributed by atoms with Crippen LogP contribution in [-0.2, 0) is 4.79 Å². The van der Waals surface area contributed by atoms with Gasteiger partial charge in [-0.2, -0.15) is 0 Å². The third-order valence-electron chi connectivity index (χ3n) is 4.45. The monoisotopic (exact) mass is 253 g/mol. The van der Waals surface area contributed by atoms with Gasteiger partial charge < -0.3 is 15.1 Å². The Bertz CT molecular complexity index is 295. The molecule has 1 N–H and O–H groups in total. The van der Waals surface area contributed by atoms with E-state index in [9.17, 15) is 4.79 Å². The molecule has 0 radical (unpaired) electrons. The van der Waals surface area contributed by atoms with E-state index in [1.807, 2.05) is 11.9 Å². The summed E-state index contributed by atoms with van der Waals surface area (Å²) in [5, 5.41) is 3.43. The summed E-state index contributed by atoms with van der Waals surface area (Å²) in [6.45, 7) is 4.22. The molecule has 0 bridgehead atoms. The first-order chi connectivity index (χ1) is 8.58. The average Bonchev–Trinajstić information content (AvgIpc) is 2.74. The van der Waals surface area contributed by atoms with Crippen molar-refractivity contribution in [1.29, 1.82) is 0 Å². The van der Waals surface area contributed by atoms with E-state index in [0.717, 1.165) is 13.0 Å². The molecule has 4 nitrogen and oxygen atoms in total. The van der Waals surface area contributed by atoms with E-state index in [-0.39, 0.29) is 11.9 Å². The Labute approximate surface area is 111 Å². The van der Waals surface area contributed by atoms with Gasteiger partial charge in [-0.1, -0.05) is 0 Å². The molecule has 0 aromatic carbocycles. The van der Waals surface area contributed by atoms with Crippen LogP contribution in [0.3, 0.4) is 0 Å². The first-order valence-corrected chi connectivity index (χ1v) is 7.29. The molecule has 18 heavy (non-hydrogen) atoms. The number of nitrogens with zero attached hydrogens (tertiary/aromatic N) is 2. The van der Waals surface area contributed by atoms with E-state index >= 15 is 0 Å². The minimum atomic E-state index is 0.0467. The zero-order chi connectivity index (χ0) is 13.1. The van der Waals surface area contributed by atoms with Crippen LogP contribution in [-0.4, -0.2) is 61.0 Å². The van der Waals surface area contributed by atoms with E-state index < -0.39 is 0 Å². The SMILES string of the molecule is CC1CCCC(C(=O)N(C)CC2CCCN2C)N1. The molecular weight excluding hydrogens is 226 g/mol. The molecule has 4 heteroatoms. The van der Waals surface area contributed by atoms with Crippen molar-refractivity contribution in [3.63, 3.8) is 0 Å². The summed E-state index contributed by atoms with van der Waals surface area (Å²) in [6.07, 6.45) is 5.85. The van der Waals surface area contributed by atoms with Crippen LogP contribution in [0.25, 0.3) is 0 Å². The van der Waals surface area contributed by atoms with E-state index in [1.54, 1.807) is 0 Å². The van der Waals surface area contributed by atoms with E-state index in [1.165, 1.54) is 32.2 Å². The van der Waals surface area contributed by atoms with Crippen molar-refractivity contribution in [2.24, 2.45) is 0 Å². The summed E-state index contributed by atoms with van der Waals surface area (Å²) in [5.41, 5.74) is 0. The van der Waals surface area contributed by atoms with Crippen molar-refractivity contribution in [2.45, 2.75) is 57.2 Å². The van der Waals surface area contributed by atoms with Gasteiger partial charge in [0.15, 0.2) is 0 Å². The third-order valence-corrected chi connectivity index (χ3v) is 4.45. The van der Waals surface area contributed by atoms with Crippen LogP contribution in [0.1, 0.15) is 39.0 Å². The Morgan fingerprint density at radius 1 is 1.33 bits per heavy atom. The molecule has 2 saturated heterocycles. The van der Waals surface area contributed by atoms with Gasteiger partial charge in [0.05, 0.1) is 6.04 Å². The highest BCUT2D eigenvalue weighted by molar-refractivity contribution is 5.81. The Morgan fingerprint density at radius 3 is 2.72 bits per heavy atom. The molecule has 3 atom stereocenters.